The number of aromatic nitrogens is 1. The summed E-state index contributed by atoms with van der Waals surface area (Å²) >= 11 is 0. The highest BCUT2D eigenvalue weighted by Gasteiger charge is 2.40. The second kappa shape index (κ2) is 4.53. The van der Waals surface area contributed by atoms with Gasteiger partial charge in [-0.2, -0.15) is 0 Å². The molecule has 1 aromatic rings. The number of carbonyl (C=O) groups excluding carboxylic acids is 2. The lowest BCUT2D eigenvalue weighted by molar-refractivity contribution is -0.119. The first-order chi connectivity index (χ1) is 8.79. The van der Waals surface area contributed by atoms with E-state index < -0.39 is 23.6 Å². The zero-order chi connectivity index (χ0) is 14.2. The minimum atomic E-state index is -0.736. The molecular formula is C13H17N3O3. The van der Waals surface area contributed by atoms with Gasteiger partial charge in [-0.25, -0.2) is 14.7 Å². The van der Waals surface area contributed by atoms with Gasteiger partial charge in [-0.3, -0.25) is 4.79 Å². The van der Waals surface area contributed by atoms with Crippen molar-refractivity contribution in [2.75, 3.05) is 4.90 Å². The lowest BCUT2D eigenvalue weighted by Crippen LogP contribution is -2.48. The van der Waals surface area contributed by atoms with Gasteiger partial charge in [0.1, 0.15) is 17.5 Å². The second-order valence-electron chi connectivity index (χ2n) is 5.46. The summed E-state index contributed by atoms with van der Waals surface area (Å²) in [6.45, 7) is 5.29. The first-order valence-electron chi connectivity index (χ1n) is 6.05. The molecule has 102 valence electrons. The zero-order valence-corrected chi connectivity index (χ0v) is 11.2. The monoisotopic (exact) mass is 263 g/mol. The molecule has 0 saturated carbocycles. The van der Waals surface area contributed by atoms with Gasteiger partial charge in [0.15, 0.2) is 0 Å². The van der Waals surface area contributed by atoms with Crippen LogP contribution in [-0.4, -0.2) is 28.6 Å². The van der Waals surface area contributed by atoms with Crippen LogP contribution in [0.25, 0.3) is 0 Å². The fourth-order valence-corrected chi connectivity index (χ4v) is 2.01. The maximum atomic E-state index is 12.2. The molecule has 6 heteroatoms. The molecule has 2 heterocycles. The number of nitrogens with zero attached hydrogens (tertiary/aromatic N) is 2. The van der Waals surface area contributed by atoms with Gasteiger partial charge in [-0.15, -0.1) is 0 Å². The van der Waals surface area contributed by atoms with E-state index in [0.717, 1.165) is 5.56 Å². The Morgan fingerprint density at radius 2 is 2.16 bits per heavy atom. The third kappa shape index (κ3) is 2.67. The topological polar surface area (TPSA) is 85.5 Å². The average Bonchev–Trinajstić information content (AvgIpc) is 2.65. The Hall–Kier alpha value is -2.11. The van der Waals surface area contributed by atoms with E-state index in [9.17, 15) is 9.59 Å². The van der Waals surface area contributed by atoms with Gasteiger partial charge in [0, 0.05) is 12.6 Å². The molecule has 0 aliphatic carbocycles. The molecule has 2 rings (SSSR count). The van der Waals surface area contributed by atoms with E-state index in [4.69, 9.17) is 10.5 Å². The molecule has 0 fully saturated rings. The van der Waals surface area contributed by atoms with Gasteiger partial charge in [0.05, 0.1) is 0 Å². The van der Waals surface area contributed by atoms with Crippen molar-refractivity contribution >= 4 is 17.8 Å². The van der Waals surface area contributed by atoms with Crippen LogP contribution >= 0.6 is 0 Å². The normalized spacial score (nSPS) is 18.1. The van der Waals surface area contributed by atoms with E-state index in [1.54, 1.807) is 33.0 Å². The average molecular weight is 263 g/mol. The van der Waals surface area contributed by atoms with Gasteiger partial charge in [-0.1, -0.05) is 6.07 Å². The zero-order valence-electron chi connectivity index (χ0n) is 11.2. The molecule has 0 spiro atoms. The number of fused-ring (bicyclic) bond motifs is 1. The van der Waals surface area contributed by atoms with Crippen molar-refractivity contribution in [1.82, 2.24) is 4.98 Å². The quantitative estimate of drug-likeness (QED) is 0.825. The summed E-state index contributed by atoms with van der Waals surface area (Å²) in [5.74, 6) is -0.121. The van der Waals surface area contributed by atoms with Gasteiger partial charge in [-0.05, 0) is 32.4 Å². The van der Waals surface area contributed by atoms with Gasteiger partial charge >= 0.3 is 6.09 Å². The lowest BCUT2D eigenvalue weighted by Gasteiger charge is -2.27. The van der Waals surface area contributed by atoms with E-state index in [1.807, 2.05) is 6.07 Å². The Kier molecular flexibility index (Phi) is 3.18. The molecule has 0 radical (unpaired) electrons. The van der Waals surface area contributed by atoms with E-state index in [0.29, 0.717) is 12.2 Å². The smallest absolute Gasteiger partial charge is 0.416 e. The van der Waals surface area contributed by atoms with Gasteiger partial charge in [0.2, 0.25) is 5.91 Å². The highest BCUT2D eigenvalue weighted by atomic mass is 16.6. The number of hydrogen-bond acceptors (Lipinski definition) is 4. The third-order valence-electron chi connectivity index (χ3n) is 2.74. The highest BCUT2D eigenvalue weighted by Crippen LogP contribution is 2.31. The van der Waals surface area contributed by atoms with E-state index in [2.05, 4.69) is 4.98 Å². The summed E-state index contributed by atoms with van der Waals surface area (Å²) in [5.41, 5.74) is 5.53. The van der Waals surface area contributed by atoms with Crippen LogP contribution in [-0.2, 0) is 16.0 Å². The minimum absolute atomic E-state index is 0.373. The molecule has 1 aliphatic rings. The molecule has 1 unspecified atom stereocenters. The Morgan fingerprint density at radius 3 is 2.74 bits per heavy atom. The van der Waals surface area contributed by atoms with Crippen LogP contribution in [0.4, 0.5) is 10.6 Å². The van der Waals surface area contributed by atoms with Crippen LogP contribution in [0.3, 0.4) is 0 Å². The number of carbonyl (C=O) groups is 2. The van der Waals surface area contributed by atoms with Crippen molar-refractivity contribution in [1.29, 1.82) is 0 Å². The summed E-state index contributed by atoms with van der Waals surface area (Å²) in [6.07, 6.45) is 1.34. The van der Waals surface area contributed by atoms with E-state index in [-0.39, 0.29) is 0 Å². The number of rotatable bonds is 1. The summed E-state index contributed by atoms with van der Waals surface area (Å²) in [4.78, 5) is 29.1. The molecule has 1 atom stereocenters. The summed E-state index contributed by atoms with van der Waals surface area (Å²) in [6, 6.07) is 2.85. The van der Waals surface area contributed by atoms with Gasteiger partial charge in [0.25, 0.3) is 0 Å². The standard InChI is InChI=1S/C13H17N3O3/c1-13(2,3)19-12(18)16-9(10(14)17)7-8-5-4-6-15-11(8)16/h4-6,9H,7H2,1-3H3,(H2,14,17). The number of amides is 2. The summed E-state index contributed by atoms with van der Waals surface area (Å²) in [5, 5.41) is 0. The van der Waals surface area contributed by atoms with Crippen molar-refractivity contribution in [3.63, 3.8) is 0 Å². The second-order valence-corrected chi connectivity index (χ2v) is 5.46. The number of nitrogens with two attached hydrogens (primary N) is 1. The Morgan fingerprint density at radius 1 is 1.47 bits per heavy atom. The third-order valence-corrected chi connectivity index (χ3v) is 2.74. The largest absolute Gasteiger partial charge is 0.443 e. The fourth-order valence-electron chi connectivity index (χ4n) is 2.01. The van der Waals surface area contributed by atoms with Gasteiger partial charge < -0.3 is 10.5 Å². The molecule has 0 aromatic carbocycles. The summed E-state index contributed by atoms with van der Waals surface area (Å²) in [7, 11) is 0. The van der Waals surface area contributed by atoms with Crippen molar-refractivity contribution in [2.45, 2.75) is 38.8 Å². The molecule has 1 aliphatic heterocycles. The van der Waals surface area contributed by atoms with Crippen LogP contribution in [0.1, 0.15) is 26.3 Å². The van der Waals surface area contributed by atoms with Crippen molar-refractivity contribution in [3.8, 4) is 0 Å². The molecule has 1 aromatic heterocycles. The molecule has 0 bridgehead atoms. The van der Waals surface area contributed by atoms with Crippen LogP contribution in [0.15, 0.2) is 18.3 Å². The highest BCUT2D eigenvalue weighted by molar-refractivity contribution is 5.99. The number of pyridine rings is 1. The molecule has 19 heavy (non-hydrogen) atoms. The van der Waals surface area contributed by atoms with Crippen LogP contribution < -0.4 is 10.6 Å². The Labute approximate surface area is 111 Å². The van der Waals surface area contributed by atoms with Crippen LogP contribution in [0.5, 0.6) is 0 Å². The fraction of sp³-hybridized carbons (Fsp3) is 0.462. The van der Waals surface area contributed by atoms with Crippen molar-refractivity contribution in [3.05, 3.63) is 23.9 Å². The number of ether oxygens (including phenoxy) is 1. The maximum absolute atomic E-state index is 12.2. The van der Waals surface area contributed by atoms with Crippen molar-refractivity contribution in [2.24, 2.45) is 5.73 Å². The molecule has 0 saturated heterocycles. The Balaban J connectivity index is 2.34. The number of anilines is 1. The predicted octanol–water partition coefficient (Wildman–Crippen LogP) is 1.23. The van der Waals surface area contributed by atoms with E-state index >= 15 is 0 Å². The number of hydrogen-bond donors (Lipinski definition) is 1. The van der Waals surface area contributed by atoms with Crippen molar-refractivity contribution < 1.29 is 14.3 Å². The molecular weight excluding hydrogens is 246 g/mol. The molecule has 2 N–H and O–H groups in total. The number of primary amides is 1. The Bertz CT molecular complexity index is 522. The predicted molar refractivity (Wildman–Crippen MR) is 69.6 cm³/mol. The first-order valence-corrected chi connectivity index (χ1v) is 6.05. The maximum Gasteiger partial charge on any atom is 0.416 e. The summed E-state index contributed by atoms with van der Waals surface area (Å²) < 4.78 is 5.30. The van der Waals surface area contributed by atoms with E-state index in [1.165, 1.54) is 4.90 Å². The molecule has 6 nitrogen and oxygen atoms in total. The van der Waals surface area contributed by atoms with Crippen LogP contribution in [0, 0.1) is 0 Å². The van der Waals surface area contributed by atoms with Crippen LogP contribution in [0.2, 0.25) is 0 Å². The SMILES string of the molecule is CC(C)(C)OC(=O)N1c2ncccc2CC1C(N)=O. The molecule has 2 amide bonds. The minimum Gasteiger partial charge on any atom is -0.443 e. The lowest BCUT2D eigenvalue weighted by atomic mass is 10.1. The first kappa shape index (κ1) is 13.3.